The molecule has 1 amide bonds. The van der Waals surface area contributed by atoms with E-state index >= 15 is 0 Å². The van der Waals surface area contributed by atoms with E-state index in [2.05, 4.69) is 0 Å². The highest BCUT2D eigenvalue weighted by Crippen LogP contribution is 2.33. The molecule has 0 radical (unpaired) electrons. The van der Waals surface area contributed by atoms with Crippen molar-refractivity contribution in [3.05, 3.63) is 23.8 Å². The zero-order valence-electron chi connectivity index (χ0n) is 12.6. The summed E-state index contributed by atoms with van der Waals surface area (Å²) in [5.41, 5.74) is 0.969. The maximum atomic E-state index is 12.4. The lowest BCUT2D eigenvalue weighted by molar-refractivity contribution is -0.130. The Hall–Kier alpha value is -1.75. The number of carbonyl (C=O) groups is 1. The number of likely N-dealkylation sites (tertiary alicyclic amines) is 1. The predicted octanol–water partition coefficient (Wildman–Crippen LogP) is 1.99. The van der Waals surface area contributed by atoms with Crippen LogP contribution in [0.25, 0.3) is 0 Å². The third kappa shape index (κ3) is 3.04. The first-order valence-corrected chi connectivity index (χ1v) is 8.06. The summed E-state index contributed by atoms with van der Waals surface area (Å²) in [6.07, 6.45) is 4.20. The summed E-state index contributed by atoms with van der Waals surface area (Å²) in [6, 6.07) is 5.70. The topological polar surface area (TPSA) is 48.0 Å². The van der Waals surface area contributed by atoms with Crippen LogP contribution in [0.5, 0.6) is 11.5 Å². The smallest absolute Gasteiger partial charge is 0.231 e. The van der Waals surface area contributed by atoms with Gasteiger partial charge in [-0.1, -0.05) is 6.07 Å². The normalized spacial score (nSPS) is 23.1. The SMILES string of the molecule is O=C(Cc1ccc2c(c1)OCO2)N1CCC(OCC2CC2)C1. The third-order valence-electron chi connectivity index (χ3n) is 4.55. The van der Waals surface area contributed by atoms with Crippen molar-refractivity contribution in [1.29, 1.82) is 0 Å². The van der Waals surface area contributed by atoms with Gasteiger partial charge in [-0.25, -0.2) is 0 Å². The highest BCUT2D eigenvalue weighted by atomic mass is 16.7. The molecule has 1 saturated heterocycles. The largest absolute Gasteiger partial charge is 0.454 e. The summed E-state index contributed by atoms with van der Waals surface area (Å²) in [5.74, 6) is 2.43. The number of nitrogens with zero attached hydrogens (tertiary/aromatic N) is 1. The second-order valence-corrected chi connectivity index (χ2v) is 6.39. The Bertz CT molecular complexity index is 570. The number of fused-ring (bicyclic) bond motifs is 1. The molecule has 2 heterocycles. The van der Waals surface area contributed by atoms with E-state index in [0.717, 1.165) is 49.1 Å². The van der Waals surface area contributed by atoms with Crippen LogP contribution in [-0.4, -0.2) is 43.4 Å². The number of rotatable bonds is 5. The molecule has 0 bridgehead atoms. The number of ether oxygens (including phenoxy) is 3. The maximum absolute atomic E-state index is 12.4. The minimum atomic E-state index is 0.163. The second kappa shape index (κ2) is 5.80. The lowest BCUT2D eigenvalue weighted by Crippen LogP contribution is -2.31. The minimum absolute atomic E-state index is 0.163. The van der Waals surface area contributed by atoms with E-state index < -0.39 is 0 Å². The first-order valence-electron chi connectivity index (χ1n) is 8.06. The van der Waals surface area contributed by atoms with Gasteiger partial charge in [0.2, 0.25) is 12.7 Å². The van der Waals surface area contributed by atoms with Crippen molar-refractivity contribution in [2.45, 2.75) is 31.8 Å². The monoisotopic (exact) mass is 303 g/mol. The van der Waals surface area contributed by atoms with Crippen LogP contribution in [0.1, 0.15) is 24.8 Å². The van der Waals surface area contributed by atoms with Crippen LogP contribution in [0.2, 0.25) is 0 Å². The van der Waals surface area contributed by atoms with E-state index in [1.165, 1.54) is 12.8 Å². The van der Waals surface area contributed by atoms with E-state index in [-0.39, 0.29) is 18.8 Å². The summed E-state index contributed by atoms with van der Waals surface area (Å²) in [6.45, 7) is 2.67. The van der Waals surface area contributed by atoms with Crippen LogP contribution < -0.4 is 9.47 Å². The van der Waals surface area contributed by atoms with Crippen LogP contribution >= 0.6 is 0 Å². The molecule has 0 spiro atoms. The van der Waals surface area contributed by atoms with Gasteiger partial charge >= 0.3 is 0 Å². The number of amides is 1. The van der Waals surface area contributed by atoms with Gasteiger partial charge in [0.25, 0.3) is 0 Å². The number of benzene rings is 1. The molecule has 3 aliphatic rings. The van der Waals surface area contributed by atoms with Gasteiger partial charge in [0.15, 0.2) is 11.5 Å². The molecule has 4 rings (SSSR count). The first-order chi connectivity index (χ1) is 10.8. The van der Waals surface area contributed by atoms with Crippen LogP contribution in [0, 0.1) is 5.92 Å². The summed E-state index contributed by atoms with van der Waals surface area (Å²) >= 11 is 0. The van der Waals surface area contributed by atoms with Crippen molar-refractivity contribution in [1.82, 2.24) is 4.90 Å². The molecule has 0 aromatic heterocycles. The van der Waals surface area contributed by atoms with Gasteiger partial charge < -0.3 is 19.1 Å². The molecule has 1 aliphatic carbocycles. The summed E-state index contributed by atoms with van der Waals surface area (Å²) in [4.78, 5) is 14.3. The van der Waals surface area contributed by atoms with Crippen LogP contribution in [0.15, 0.2) is 18.2 Å². The molecule has 2 aliphatic heterocycles. The van der Waals surface area contributed by atoms with Gasteiger partial charge in [-0.3, -0.25) is 4.79 Å². The number of hydrogen-bond donors (Lipinski definition) is 0. The van der Waals surface area contributed by atoms with E-state index in [9.17, 15) is 4.79 Å². The molecule has 1 atom stereocenters. The van der Waals surface area contributed by atoms with Gasteiger partial charge in [0.05, 0.1) is 12.5 Å². The van der Waals surface area contributed by atoms with Crippen molar-refractivity contribution in [3.8, 4) is 11.5 Å². The fourth-order valence-electron chi connectivity index (χ4n) is 2.98. The quantitative estimate of drug-likeness (QED) is 0.834. The molecule has 5 heteroatoms. The molecule has 0 N–H and O–H groups in total. The van der Waals surface area contributed by atoms with Crippen LogP contribution in [0.3, 0.4) is 0 Å². The Morgan fingerprint density at radius 1 is 1.23 bits per heavy atom. The molecule has 22 heavy (non-hydrogen) atoms. The minimum Gasteiger partial charge on any atom is -0.454 e. The maximum Gasteiger partial charge on any atom is 0.231 e. The summed E-state index contributed by atoms with van der Waals surface area (Å²) in [7, 11) is 0. The second-order valence-electron chi connectivity index (χ2n) is 6.39. The van der Waals surface area contributed by atoms with Crippen molar-refractivity contribution in [2.24, 2.45) is 5.92 Å². The fourth-order valence-corrected chi connectivity index (χ4v) is 2.98. The van der Waals surface area contributed by atoms with Gasteiger partial charge in [0, 0.05) is 19.7 Å². The molecule has 118 valence electrons. The summed E-state index contributed by atoms with van der Waals surface area (Å²) < 4.78 is 16.5. The van der Waals surface area contributed by atoms with E-state index in [1.807, 2.05) is 23.1 Å². The lowest BCUT2D eigenvalue weighted by atomic mass is 10.1. The van der Waals surface area contributed by atoms with E-state index in [4.69, 9.17) is 14.2 Å². The number of carbonyl (C=O) groups excluding carboxylic acids is 1. The zero-order valence-corrected chi connectivity index (χ0v) is 12.6. The Balaban J connectivity index is 1.30. The molecule has 1 aromatic carbocycles. The molecular formula is C17H21NO4. The molecule has 1 saturated carbocycles. The van der Waals surface area contributed by atoms with Crippen LogP contribution in [-0.2, 0) is 16.0 Å². The average molecular weight is 303 g/mol. The standard InChI is InChI=1S/C17H21NO4/c19-17(8-13-3-4-15-16(7-13)22-11-21-15)18-6-5-14(9-18)20-10-12-1-2-12/h3-4,7,12,14H,1-2,5-6,8-11H2. The highest BCUT2D eigenvalue weighted by Gasteiger charge is 2.29. The van der Waals surface area contributed by atoms with Gasteiger partial charge in [-0.05, 0) is 42.9 Å². The van der Waals surface area contributed by atoms with Crippen molar-refractivity contribution in [3.63, 3.8) is 0 Å². The third-order valence-corrected chi connectivity index (χ3v) is 4.55. The first kappa shape index (κ1) is 13.9. The van der Waals surface area contributed by atoms with Gasteiger partial charge in [0.1, 0.15) is 0 Å². The van der Waals surface area contributed by atoms with Crippen molar-refractivity contribution in [2.75, 3.05) is 26.5 Å². The molecular weight excluding hydrogens is 282 g/mol. The molecule has 1 unspecified atom stereocenters. The van der Waals surface area contributed by atoms with Gasteiger partial charge in [-0.2, -0.15) is 0 Å². The fraction of sp³-hybridized carbons (Fsp3) is 0.588. The molecule has 1 aromatic rings. The summed E-state index contributed by atoms with van der Waals surface area (Å²) in [5, 5.41) is 0. The van der Waals surface area contributed by atoms with Crippen LogP contribution in [0.4, 0.5) is 0 Å². The zero-order chi connectivity index (χ0) is 14.9. The van der Waals surface area contributed by atoms with Crippen molar-refractivity contribution >= 4 is 5.91 Å². The Morgan fingerprint density at radius 2 is 2.09 bits per heavy atom. The predicted molar refractivity (Wildman–Crippen MR) is 79.9 cm³/mol. The highest BCUT2D eigenvalue weighted by molar-refractivity contribution is 5.79. The van der Waals surface area contributed by atoms with Crippen molar-refractivity contribution < 1.29 is 19.0 Å². The van der Waals surface area contributed by atoms with E-state index in [0.29, 0.717) is 6.42 Å². The number of hydrogen-bond acceptors (Lipinski definition) is 4. The Kier molecular flexibility index (Phi) is 3.66. The Morgan fingerprint density at radius 3 is 2.95 bits per heavy atom. The average Bonchev–Trinajstić information content (AvgIpc) is 3.04. The molecule has 5 nitrogen and oxygen atoms in total. The molecule has 2 fully saturated rings. The Labute approximate surface area is 130 Å². The van der Waals surface area contributed by atoms with E-state index in [1.54, 1.807) is 0 Å². The lowest BCUT2D eigenvalue weighted by Gasteiger charge is -2.17. The van der Waals surface area contributed by atoms with Gasteiger partial charge in [-0.15, -0.1) is 0 Å².